The van der Waals surface area contributed by atoms with Gasteiger partial charge in [-0.2, -0.15) is 0 Å². The molecule has 108 valence electrons. The molecule has 0 fully saturated rings. The van der Waals surface area contributed by atoms with E-state index in [0.29, 0.717) is 17.8 Å². The van der Waals surface area contributed by atoms with Crippen molar-refractivity contribution in [1.82, 2.24) is 4.90 Å². The van der Waals surface area contributed by atoms with Gasteiger partial charge in [0.25, 0.3) is 0 Å². The van der Waals surface area contributed by atoms with Crippen LogP contribution in [0.1, 0.15) is 18.4 Å². The molecular formula is C15H20N2O3. The number of urea groups is 1. The fraction of sp³-hybridized carbons (Fsp3) is 0.333. The number of allylic oxidation sites excluding steroid dienone is 1. The predicted molar refractivity (Wildman–Crippen MR) is 78.9 cm³/mol. The second kappa shape index (κ2) is 7.99. The van der Waals surface area contributed by atoms with Crippen LogP contribution in [0.2, 0.25) is 0 Å². The maximum absolute atomic E-state index is 12.0. The zero-order valence-corrected chi connectivity index (χ0v) is 11.6. The number of carboxylic acids is 1. The summed E-state index contributed by atoms with van der Waals surface area (Å²) in [4.78, 5) is 24.3. The van der Waals surface area contributed by atoms with Gasteiger partial charge in [-0.05, 0) is 24.5 Å². The number of hydrogen-bond acceptors (Lipinski definition) is 2. The Morgan fingerprint density at radius 1 is 1.40 bits per heavy atom. The van der Waals surface area contributed by atoms with Crippen LogP contribution in [-0.2, 0) is 11.2 Å². The molecule has 0 aliphatic carbocycles. The summed E-state index contributed by atoms with van der Waals surface area (Å²) in [6, 6.07) is 6.67. The van der Waals surface area contributed by atoms with Crippen LogP contribution in [0.15, 0.2) is 36.9 Å². The first-order valence-electron chi connectivity index (χ1n) is 6.47. The Morgan fingerprint density at radius 3 is 2.75 bits per heavy atom. The van der Waals surface area contributed by atoms with Crippen molar-refractivity contribution in [3.63, 3.8) is 0 Å². The van der Waals surface area contributed by atoms with E-state index in [0.717, 1.165) is 12.8 Å². The number of rotatable bonds is 7. The minimum absolute atomic E-state index is 0.114. The lowest BCUT2D eigenvalue weighted by Gasteiger charge is -2.18. The van der Waals surface area contributed by atoms with Crippen molar-refractivity contribution >= 4 is 17.7 Å². The molecule has 2 amide bonds. The Hall–Kier alpha value is -2.30. The van der Waals surface area contributed by atoms with Gasteiger partial charge >= 0.3 is 12.0 Å². The van der Waals surface area contributed by atoms with Crippen molar-refractivity contribution in [3.8, 4) is 0 Å². The van der Waals surface area contributed by atoms with Crippen molar-refractivity contribution < 1.29 is 14.7 Å². The van der Waals surface area contributed by atoms with Crippen LogP contribution in [0.3, 0.4) is 0 Å². The molecule has 0 aliphatic heterocycles. The molecule has 20 heavy (non-hydrogen) atoms. The summed E-state index contributed by atoms with van der Waals surface area (Å²) < 4.78 is 0. The van der Waals surface area contributed by atoms with Crippen molar-refractivity contribution in [2.75, 3.05) is 18.9 Å². The van der Waals surface area contributed by atoms with Gasteiger partial charge in [0.2, 0.25) is 0 Å². The number of anilines is 1. The molecule has 5 heteroatoms. The average molecular weight is 276 g/mol. The second-order valence-corrected chi connectivity index (χ2v) is 4.51. The highest BCUT2D eigenvalue weighted by Gasteiger charge is 2.12. The Kier molecular flexibility index (Phi) is 6.29. The average Bonchev–Trinajstić information content (AvgIpc) is 2.40. The SMILES string of the molecule is C=CCCCN(C)C(=O)Nc1ccccc1CC(=O)O. The van der Waals surface area contributed by atoms with E-state index in [4.69, 9.17) is 5.11 Å². The second-order valence-electron chi connectivity index (χ2n) is 4.51. The molecule has 0 unspecified atom stereocenters. The highest BCUT2D eigenvalue weighted by atomic mass is 16.4. The third kappa shape index (κ3) is 5.14. The van der Waals surface area contributed by atoms with Crippen LogP contribution in [0.25, 0.3) is 0 Å². The summed E-state index contributed by atoms with van der Waals surface area (Å²) in [5, 5.41) is 11.6. The standard InChI is InChI=1S/C15H20N2O3/c1-3-4-7-10-17(2)15(20)16-13-9-6-5-8-12(13)11-14(18)19/h3,5-6,8-9H,1,4,7,10-11H2,2H3,(H,16,20)(H,18,19). The molecule has 0 aromatic heterocycles. The Balaban J connectivity index is 2.65. The highest BCUT2D eigenvalue weighted by molar-refractivity contribution is 5.90. The molecule has 2 N–H and O–H groups in total. The van der Waals surface area contributed by atoms with Crippen molar-refractivity contribution in [2.45, 2.75) is 19.3 Å². The third-order valence-electron chi connectivity index (χ3n) is 2.85. The van der Waals surface area contributed by atoms with E-state index in [-0.39, 0.29) is 12.5 Å². The number of para-hydroxylation sites is 1. The molecule has 1 rings (SSSR count). The first-order chi connectivity index (χ1) is 9.54. The van der Waals surface area contributed by atoms with Crippen LogP contribution in [-0.4, -0.2) is 35.6 Å². The van der Waals surface area contributed by atoms with Crippen LogP contribution in [0.5, 0.6) is 0 Å². The fourth-order valence-corrected chi connectivity index (χ4v) is 1.74. The molecule has 0 bridgehead atoms. The Labute approximate surface area is 118 Å². The molecule has 0 heterocycles. The zero-order chi connectivity index (χ0) is 15.0. The minimum atomic E-state index is -0.925. The van der Waals surface area contributed by atoms with Crippen molar-refractivity contribution in [3.05, 3.63) is 42.5 Å². The molecule has 0 saturated carbocycles. The van der Waals surface area contributed by atoms with Crippen LogP contribution in [0, 0.1) is 0 Å². The molecule has 5 nitrogen and oxygen atoms in total. The van der Waals surface area contributed by atoms with E-state index in [1.54, 1.807) is 36.2 Å². The summed E-state index contributed by atoms with van der Waals surface area (Å²) in [6.45, 7) is 4.26. The van der Waals surface area contributed by atoms with Gasteiger partial charge < -0.3 is 15.3 Å². The van der Waals surface area contributed by atoms with Crippen LogP contribution < -0.4 is 5.32 Å². The number of unbranched alkanes of at least 4 members (excludes halogenated alkanes) is 1. The molecule has 0 atom stereocenters. The molecular weight excluding hydrogens is 256 g/mol. The first kappa shape index (κ1) is 15.8. The minimum Gasteiger partial charge on any atom is -0.481 e. The zero-order valence-electron chi connectivity index (χ0n) is 11.6. The van der Waals surface area contributed by atoms with E-state index in [2.05, 4.69) is 11.9 Å². The number of nitrogens with zero attached hydrogens (tertiary/aromatic N) is 1. The number of carbonyl (C=O) groups is 2. The summed E-state index contributed by atoms with van der Waals surface area (Å²) in [6.07, 6.45) is 3.40. The lowest BCUT2D eigenvalue weighted by molar-refractivity contribution is -0.136. The van der Waals surface area contributed by atoms with Gasteiger partial charge in [-0.25, -0.2) is 4.79 Å². The Morgan fingerprint density at radius 2 is 2.10 bits per heavy atom. The fourth-order valence-electron chi connectivity index (χ4n) is 1.74. The van der Waals surface area contributed by atoms with Crippen LogP contribution in [0.4, 0.5) is 10.5 Å². The van der Waals surface area contributed by atoms with E-state index >= 15 is 0 Å². The number of carbonyl (C=O) groups excluding carboxylic acids is 1. The van der Waals surface area contributed by atoms with Gasteiger partial charge in [-0.15, -0.1) is 6.58 Å². The molecule has 0 saturated heterocycles. The van der Waals surface area contributed by atoms with E-state index in [1.165, 1.54) is 0 Å². The lowest BCUT2D eigenvalue weighted by Crippen LogP contribution is -2.32. The van der Waals surface area contributed by atoms with Crippen LogP contribution >= 0.6 is 0 Å². The topological polar surface area (TPSA) is 69.6 Å². The summed E-state index contributed by atoms with van der Waals surface area (Å²) in [5.41, 5.74) is 1.13. The van der Waals surface area contributed by atoms with E-state index < -0.39 is 5.97 Å². The van der Waals surface area contributed by atoms with Gasteiger partial charge in [0.05, 0.1) is 6.42 Å². The first-order valence-corrected chi connectivity index (χ1v) is 6.47. The normalized spacial score (nSPS) is 9.85. The lowest BCUT2D eigenvalue weighted by atomic mass is 10.1. The summed E-state index contributed by atoms with van der Waals surface area (Å²) in [7, 11) is 1.71. The van der Waals surface area contributed by atoms with E-state index in [1.807, 2.05) is 6.08 Å². The van der Waals surface area contributed by atoms with E-state index in [9.17, 15) is 9.59 Å². The third-order valence-corrected chi connectivity index (χ3v) is 2.85. The summed E-state index contributed by atoms with van der Waals surface area (Å²) in [5.74, 6) is -0.925. The quantitative estimate of drug-likeness (QED) is 0.594. The number of carboxylic acid groups (broad SMARTS) is 1. The predicted octanol–water partition coefficient (Wildman–Crippen LogP) is 2.74. The van der Waals surface area contributed by atoms with Crippen molar-refractivity contribution in [2.24, 2.45) is 0 Å². The largest absolute Gasteiger partial charge is 0.481 e. The van der Waals surface area contributed by atoms with Gasteiger partial charge in [-0.3, -0.25) is 4.79 Å². The molecule has 0 spiro atoms. The molecule has 1 aromatic rings. The van der Waals surface area contributed by atoms with Gasteiger partial charge in [0.1, 0.15) is 0 Å². The maximum atomic E-state index is 12.0. The number of aliphatic carboxylic acids is 1. The summed E-state index contributed by atoms with van der Waals surface area (Å²) >= 11 is 0. The van der Waals surface area contributed by atoms with Crippen molar-refractivity contribution in [1.29, 1.82) is 0 Å². The molecule has 0 aliphatic rings. The van der Waals surface area contributed by atoms with Gasteiger partial charge in [0, 0.05) is 19.3 Å². The van der Waals surface area contributed by atoms with Gasteiger partial charge in [0.15, 0.2) is 0 Å². The Bertz CT molecular complexity index is 486. The monoisotopic (exact) mass is 276 g/mol. The highest BCUT2D eigenvalue weighted by Crippen LogP contribution is 2.16. The number of amides is 2. The number of benzene rings is 1. The maximum Gasteiger partial charge on any atom is 0.321 e. The smallest absolute Gasteiger partial charge is 0.321 e. The molecule has 0 radical (unpaired) electrons. The molecule has 1 aromatic carbocycles. The number of hydrogen-bond donors (Lipinski definition) is 2. The number of nitrogens with one attached hydrogen (secondary N) is 1. The van der Waals surface area contributed by atoms with Gasteiger partial charge in [-0.1, -0.05) is 24.3 Å².